The third kappa shape index (κ3) is 3.90. The standard InChI is InChI=1S/C22H36N6/c1-16(27-20-7-6-10-26(5)15-18(20)14-24-27)11-19-8-9-21-17(12-23-19)13-25-28(21)22(2,3)4/h13-14,16,19,23H,6-12,15H2,1-5H3. The van der Waals surface area contributed by atoms with Crippen LogP contribution in [0.15, 0.2) is 12.4 Å². The summed E-state index contributed by atoms with van der Waals surface area (Å²) in [6, 6.07) is 0.939. The Morgan fingerprint density at radius 2 is 1.93 bits per heavy atom. The minimum atomic E-state index is 0.0422. The van der Waals surface area contributed by atoms with Gasteiger partial charge in [-0.1, -0.05) is 0 Å². The van der Waals surface area contributed by atoms with Crippen LogP contribution in [0.4, 0.5) is 0 Å². The molecule has 4 rings (SSSR count). The molecule has 0 aliphatic carbocycles. The zero-order chi connectivity index (χ0) is 19.9. The van der Waals surface area contributed by atoms with E-state index in [2.05, 4.69) is 71.8 Å². The van der Waals surface area contributed by atoms with E-state index in [0.717, 1.165) is 38.8 Å². The van der Waals surface area contributed by atoms with Crippen molar-refractivity contribution < 1.29 is 0 Å². The smallest absolute Gasteiger partial charge is 0.0546 e. The fraction of sp³-hybridized carbons (Fsp3) is 0.727. The van der Waals surface area contributed by atoms with Gasteiger partial charge in [0.15, 0.2) is 0 Å². The van der Waals surface area contributed by atoms with Gasteiger partial charge in [-0.15, -0.1) is 0 Å². The number of nitrogens with one attached hydrogen (secondary N) is 1. The fourth-order valence-electron chi connectivity index (χ4n) is 4.88. The van der Waals surface area contributed by atoms with E-state index in [0.29, 0.717) is 12.1 Å². The van der Waals surface area contributed by atoms with Gasteiger partial charge in [0.1, 0.15) is 0 Å². The number of hydrogen-bond acceptors (Lipinski definition) is 4. The van der Waals surface area contributed by atoms with Crippen molar-refractivity contribution in [3.63, 3.8) is 0 Å². The van der Waals surface area contributed by atoms with E-state index in [1.807, 2.05) is 0 Å². The average molecular weight is 385 g/mol. The Balaban J connectivity index is 1.44. The van der Waals surface area contributed by atoms with Crippen LogP contribution in [0.2, 0.25) is 0 Å². The molecule has 2 aliphatic rings. The highest BCUT2D eigenvalue weighted by Gasteiger charge is 2.26. The molecule has 154 valence electrons. The van der Waals surface area contributed by atoms with Crippen LogP contribution < -0.4 is 5.32 Å². The van der Waals surface area contributed by atoms with Crippen molar-refractivity contribution >= 4 is 0 Å². The second-order valence-corrected chi connectivity index (χ2v) is 9.80. The number of hydrogen-bond donors (Lipinski definition) is 1. The second kappa shape index (κ2) is 7.64. The summed E-state index contributed by atoms with van der Waals surface area (Å²) in [4.78, 5) is 2.41. The van der Waals surface area contributed by atoms with E-state index in [1.165, 1.54) is 35.5 Å². The minimum absolute atomic E-state index is 0.0422. The van der Waals surface area contributed by atoms with Gasteiger partial charge in [0, 0.05) is 41.6 Å². The van der Waals surface area contributed by atoms with Gasteiger partial charge in [-0.05, 0) is 73.4 Å². The Kier molecular flexibility index (Phi) is 5.36. The van der Waals surface area contributed by atoms with Gasteiger partial charge in [0.25, 0.3) is 0 Å². The molecule has 2 aromatic rings. The van der Waals surface area contributed by atoms with Crippen LogP contribution in [0, 0.1) is 0 Å². The number of aromatic nitrogens is 4. The van der Waals surface area contributed by atoms with E-state index in [1.54, 1.807) is 0 Å². The van der Waals surface area contributed by atoms with E-state index < -0.39 is 0 Å². The molecule has 1 N–H and O–H groups in total. The van der Waals surface area contributed by atoms with Gasteiger partial charge in [0.05, 0.1) is 24.0 Å². The number of rotatable bonds is 3. The molecular formula is C22H36N6. The van der Waals surface area contributed by atoms with E-state index >= 15 is 0 Å². The van der Waals surface area contributed by atoms with Crippen molar-refractivity contribution in [1.29, 1.82) is 0 Å². The highest BCUT2D eigenvalue weighted by Crippen LogP contribution is 2.27. The van der Waals surface area contributed by atoms with Crippen LogP contribution in [0.3, 0.4) is 0 Å². The third-order valence-electron chi connectivity index (χ3n) is 6.32. The predicted octanol–water partition coefficient (Wildman–Crippen LogP) is 3.27. The van der Waals surface area contributed by atoms with Crippen molar-refractivity contribution in [2.75, 3.05) is 13.6 Å². The Hall–Kier alpha value is -1.66. The van der Waals surface area contributed by atoms with Crippen molar-refractivity contribution in [2.24, 2.45) is 0 Å². The molecule has 2 unspecified atom stereocenters. The molecule has 2 aromatic heterocycles. The van der Waals surface area contributed by atoms with Crippen LogP contribution in [-0.2, 0) is 31.5 Å². The third-order valence-corrected chi connectivity index (χ3v) is 6.32. The van der Waals surface area contributed by atoms with Gasteiger partial charge in [-0.3, -0.25) is 9.36 Å². The first-order chi connectivity index (χ1) is 13.3. The lowest BCUT2D eigenvalue weighted by atomic mass is 10.0. The van der Waals surface area contributed by atoms with Crippen LogP contribution in [0.1, 0.15) is 75.5 Å². The summed E-state index contributed by atoms with van der Waals surface area (Å²) in [5.41, 5.74) is 5.68. The minimum Gasteiger partial charge on any atom is -0.310 e. The molecule has 2 atom stereocenters. The molecule has 6 heteroatoms. The monoisotopic (exact) mass is 384 g/mol. The first-order valence-electron chi connectivity index (χ1n) is 10.9. The van der Waals surface area contributed by atoms with Crippen molar-refractivity contribution in [1.82, 2.24) is 29.8 Å². The predicted molar refractivity (Wildman–Crippen MR) is 112 cm³/mol. The quantitative estimate of drug-likeness (QED) is 0.882. The molecule has 2 aliphatic heterocycles. The zero-order valence-electron chi connectivity index (χ0n) is 18.2. The molecule has 4 heterocycles. The van der Waals surface area contributed by atoms with Crippen molar-refractivity contribution in [3.05, 3.63) is 34.9 Å². The van der Waals surface area contributed by atoms with Gasteiger partial charge in [-0.25, -0.2) is 0 Å². The highest BCUT2D eigenvalue weighted by atomic mass is 15.3. The largest absolute Gasteiger partial charge is 0.310 e. The molecule has 0 saturated heterocycles. The summed E-state index contributed by atoms with van der Waals surface area (Å²) < 4.78 is 4.53. The molecule has 0 amide bonds. The van der Waals surface area contributed by atoms with Crippen LogP contribution >= 0.6 is 0 Å². The summed E-state index contributed by atoms with van der Waals surface area (Å²) in [7, 11) is 2.21. The first-order valence-corrected chi connectivity index (χ1v) is 10.9. The summed E-state index contributed by atoms with van der Waals surface area (Å²) in [5.74, 6) is 0. The topological polar surface area (TPSA) is 50.9 Å². The van der Waals surface area contributed by atoms with E-state index in [-0.39, 0.29) is 5.54 Å². The average Bonchev–Trinajstić information content (AvgIpc) is 3.10. The fourth-order valence-corrected chi connectivity index (χ4v) is 4.88. The second-order valence-electron chi connectivity index (χ2n) is 9.80. The van der Waals surface area contributed by atoms with Crippen molar-refractivity contribution in [2.45, 2.75) is 90.5 Å². The first kappa shape index (κ1) is 19.6. The number of fused-ring (bicyclic) bond motifs is 2. The molecule has 0 radical (unpaired) electrons. The molecule has 28 heavy (non-hydrogen) atoms. The lowest BCUT2D eigenvalue weighted by Gasteiger charge is -2.24. The molecule has 0 bridgehead atoms. The zero-order valence-corrected chi connectivity index (χ0v) is 18.2. The van der Waals surface area contributed by atoms with E-state index in [9.17, 15) is 0 Å². The molecule has 0 fully saturated rings. The maximum Gasteiger partial charge on any atom is 0.0546 e. The summed E-state index contributed by atoms with van der Waals surface area (Å²) in [6.07, 6.45) is 9.91. The lowest BCUT2D eigenvalue weighted by Crippen LogP contribution is -2.30. The van der Waals surface area contributed by atoms with Crippen molar-refractivity contribution in [3.8, 4) is 0 Å². The SMILES string of the molecule is CC(CC1CCc2c(cnn2C(C)(C)C)CN1)n1ncc2c1CCCN(C)C2. The molecule has 0 saturated carbocycles. The summed E-state index contributed by atoms with van der Waals surface area (Å²) >= 11 is 0. The Labute approximate surface area is 169 Å². The molecule has 0 aromatic carbocycles. The summed E-state index contributed by atoms with van der Waals surface area (Å²) in [5, 5.41) is 13.2. The molecular weight excluding hydrogens is 348 g/mol. The Bertz CT molecular complexity index is 812. The number of nitrogens with zero attached hydrogens (tertiary/aromatic N) is 5. The Morgan fingerprint density at radius 1 is 1.14 bits per heavy atom. The van der Waals surface area contributed by atoms with E-state index in [4.69, 9.17) is 5.10 Å². The molecule has 0 spiro atoms. The lowest BCUT2D eigenvalue weighted by molar-refractivity contribution is 0.330. The van der Waals surface area contributed by atoms with Crippen LogP contribution in [0.25, 0.3) is 0 Å². The highest BCUT2D eigenvalue weighted by molar-refractivity contribution is 5.22. The van der Waals surface area contributed by atoms with Gasteiger partial charge < -0.3 is 10.2 Å². The van der Waals surface area contributed by atoms with Gasteiger partial charge >= 0.3 is 0 Å². The maximum absolute atomic E-state index is 4.79. The van der Waals surface area contributed by atoms with Gasteiger partial charge in [0.2, 0.25) is 0 Å². The van der Waals surface area contributed by atoms with Crippen LogP contribution in [-0.4, -0.2) is 44.1 Å². The normalized spacial score (nSPS) is 22.2. The Morgan fingerprint density at radius 3 is 2.71 bits per heavy atom. The summed E-state index contributed by atoms with van der Waals surface area (Å²) in [6.45, 7) is 12.2. The van der Waals surface area contributed by atoms with Gasteiger partial charge in [-0.2, -0.15) is 10.2 Å². The molecule has 6 nitrogen and oxygen atoms in total. The van der Waals surface area contributed by atoms with Crippen LogP contribution in [0.5, 0.6) is 0 Å². The maximum atomic E-state index is 4.79.